The third-order valence-electron chi connectivity index (χ3n) is 2.17. The monoisotopic (exact) mass is 259 g/mol. The highest BCUT2D eigenvalue weighted by Crippen LogP contribution is 2.35. The van der Waals surface area contributed by atoms with Gasteiger partial charge < -0.3 is 9.47 Å². The molecule has 1 aromatic carbocycles. The van der Waals surface area contributed by atoms with Crippen molar-refractivity contribution in [3.8, 4) is 11.8 Å². The first-order valence-electron chi connectivity index (χ1n) is 4.62. The highest BCUT2D eigenvalue weighted by atomic mass is 19.4. The fourth-order valence-corrected chi connectivity index (χ4v) is 1.35. The molecule has 0 bridgehead atoms. The van der Waals surface area contributed by atoms with Crippen LogP contribution < -0.4 is 4.74 Å². The Hall–Kier alpha value is -2.23. The van der Waals surface area contributed by atoms with Gasteiger partial charge in [0.15, 0.2) is 0 Å². The predicted molar refractivity (Wildman–Crippen MR) is 54.1 cm³/mol. The van der Waals surface area contributed by atoms with E-state index < -0.39 is 23.3 Å². The molecule has 0 aliphatic carbocycles. The van der Waals surface area contributed by atoms with Gasteiger partial charge in [0.25, 0.3) is 0 Å². The lowest BCUT2D eigenvalue weighted by atomic mass is 10.0. The molecular formula is C11H8F3NO3. The van der Waals surface area contributed by atoms with Gasteiger partial charge in [-0.1, -0.05) is 0 Å². The molecule has 0 saturated carbocycles. The maximum atomic E-state index is 12.7. The van der Waals surface area contributed by atoms with E-state index in [1.807, 2.05) is 0 Å². The summed E-state index contributed by atoms with van der Waals surface area (Å²) in [5.74, 6) is -1.12. The van der Waals surface area contributed by atoms with Crippen molar-refractivity contribution in [3.63, 3.8) is 0 Å². The number of halogens is 3. The summed E-state index contributed by atoms with van der Waals surface area (Å²) in [5, 5.41) is 8.67. The van der Waals surface area contributed by atoms with E-state index in [2.05, 4.69) is 4.74 Å². The van der Waals surface area contributed by atoms with Gasteiger partial charge in [0.05, 0.1) is 31.4 Å². The summed E-state index contributed by atoms with van der Waals surface area (Å²) in [4.78, 5) is 11.3. The van der Waals surface area contributed by atoms with Crippen LogP contribution in [0.4, 0.5) is 13.2 Å². The number of methoxy groups -OCH3 is 2. The molecule has 0 aromatic heterocycles. The van der Waals surface area contributed by atoms with Crippen LogP contribution in [0.1, 0.15) is 21.5 Å². The molecule has 0 atom stereocenters. The van der Waals surface area contributed by atoms with Gasteiger partial charge in [-0.15, -0.1) is 0 Å². The Morgan fingerprint density at radius 3 is 2.33 bits per heavy atom. The second kappa shape index (κ2) is 4.96. The SMILES string of the molecule is COC(=O)c1cc(C(F)(F)F)c(C#N)cc1OC. The van der Waals surface area contributed by atoms with Gasteiger partial charge in [-0.3, -0.25) is 0 Å². The topological polar surface area (TPSA) is 59.3 Å². The van der Waals surface area contributed by atoms with Gasteiger partial charge >= 0.3 is 12.1 Å². The van der Waals surface area contributed by atoms with Crippen LogP contribution in [-0.4, -0.2) is 20.2 Å². The molecule has 0 aliphatic heterocycles. The van der Waals surface area contributed by atoms with E-state index in [1.54, 1.807) is 0 Å². The first-order valence-corrected chi connectivity index (χ1v) is 4.62. The van der Waals surface area contributed by atoms with E-state index >= 15 is 0 Å². The van der Waals surface area contributed by atoms with E-state index in [-0.39, 0.29) is 11.3 Å². The third-order valence-corrected chi connectivity index (χ3v) is 2.17. The van der Waals surface area contributed by atoms with Crippen LogP contribution in [0.15, 0.2) is 12.1 Å². The zero-order chi connectivity index (χ0) is 13.9. The molecule has 0 unspecified atom stereocenters. The van der Waals surface area contributed by atoms with Crippen molar-refractivity contribution in [2.45, 2.75) is 6.18 Å². The first kappa shape index (κ1) is 13.8. The second-order valence-electron chi connectivity index (χ2n) is 3.20. The normalized spacial score (nSPS) is 10.7. The fourth-order valence-electron chi connectivity index (χ4n) is 1.35. The van der Waals surface area contributed by atoms with Crippen LogP contribution in [0.25, 0.3) is 0 Å². The molecule has 0 fully saturated rings. The standard InChI is InChI=1S/C11H8F3NO3/c1-17-9-3-6(5-15)8(11(12,13)14)4-7(9)10(16)18-2/h3-4H,1-2H3. The average molecular weight is 259 g/mol. The molecule has 0 N–H and O–H groups in total. The van der Waals surface area contributed by atoms with Crippen molar-refractivity contribution in [2.75, 3.05) is 14.2 Å². The van der Waals surface area contributed by atoms with E-state index in [9.17, 15) is 18.0 Å². The third kappa shape index (κ3) is 2.53. The number of carbonyl (C=O) groups excluding carboxylic acids is 1. The number of rotatable bonds is 2. The van der Waals surface area contributed by atoms with Gasteiger partial charge in [0, 0.05) is 0 Å². The molecule has 4 nitrogen and oxygen atoms in total. The summed E-state index contributed by atoms with van der Waals surface area (Å²) in [6, 6.07) is 2.81. The number of ether oxygens (including phenoxy) is 2. The minimum atomic E-state index is -4.74. The minimum absolute atomic E-state index is 0.147. The zero-order valence-corrected chi connectivity index (χ0v) is 9.46. The maximum absolute atomic E-state index is 12.7. The quantitative estimate of drug-likeness (QED) is 0.765. The Morgan fingerprint density at radius 1 is 1.33 bits per heavy atom. The van der Waals surface area contributed by atoms with Gasteiger partial charge in [-0.25, -0.2) is 4.79 Å². The molecule has 0 spiro atoms. The van der Waals surface area contributed by atoms with Crippen LogP contribution in [0.2, 0.25) is 0 Å². The molecule has 0 amide bonds. The lowest BCUT2D eigenvalue weighted by Crippen LogP contribution is -2.12. The number of alkyl halides is 3. The Morgan fingerprint density at radius 2 is 1.94 bits per heavy atom. The van der Waals surface area contributed by atoms with Crippen molar-refractivity contribution < 1.29 is 27.4 Å². The molecule has 18 heavy (non-hydrogen) atoms. The predicted octanol–water partition coefficient (Wildman–Crippen LogP) is 2.37. The van der Waals surface area contributed by atoms with Gasteiger partial charge in [0.1, 0.15) is 11.3 Å². The number of hydrogen-bond donors (Lipinski definition) is 0. The number of nitrogens with zero attached hydrogens (tertiary/aromatic N) is 1. The van der Waals surface area contributed by atoms with Crippen molar-refractivity contribution >= 4 is 5.97 Å². The van der Waals surface area contributed by atoms with E-state index in [1.165, 1.54) is 13.2 Å². The Balaban J connectivity index is 3.55. The molecule has 1 rings (SSSR count). The summed E-state index contributed by atoms with van der Waals surface area (Å²) in [6.07, 6.45) is -4.74. The van der Waals surface area contributed by atoms with Crippen LogP contribution >= 0.6 is 0 Å². The Kier molecular flexibility index (Phi) is 3.81. The fraction of sp³-hybridized carbons (Fsp3) is 0.273. The van der Waals surface area contributed by atoms with Crippen molar-refractivity contribution in [2.24, 2.45) is 0 Å². The largest absolute Gasteiger partial charge is 0.496 e. The number of hydrogen-bond acceptors (Lipinski definition) is 4. The number of esters is 1. The molecule has 0 heterocycles. The highest BCUT2D eigenvalue weighted by molar-refractivity contribution is 5.93. The smallest absolute Gasteiger partial charge is 0.417 e. The van der Waals surface area contributed by atoms with E-state index in [4.69, 9.17) is 10.00 Å². The van der Waals surface area contributed by atoms with Crippen molar-refractivity contribution in [3.05, 3.63) is 28.8 Å². The van der Waals surface area contributed by atoms with Gasteiger partial charge in [-0.2, -0.15) is 18.4 Å². The van der Waals surface area contributed by atoms with Crippen LogP contribution in [0.5, 0.6) is 5.75 Å². The molecule has 1 aromatic rings. The zero-order valence-electron chi connectivity index (χ0n) is 9.46. The molecule has 0 aliphatic rings. The summed E-state index contributed by atoms with van der Waals surface area (Å²) in [7, 11) is 2.21. The summed E-state index contributed by atoms with van der Waals surface area (Å²) in [5.41, 5.74) is -2.20. The summed E-state index contributed by atoms with van der Waals surface area (Å²) < 4.78 is 47.1. The molecular weight excluding hydrogens is 251 g/mol. The number of nitriles is 1. The second-order valence-corrected chi connectivity index (χ2v) is 3.20. The Labute approximate surface area is 101 Å². The average Bonchev–Trinajstić information content (AvgIpc) is 2.34. The van der Waals surface area contributed by atoms with E-state index in [0.29, 0.717) is 6.07 Å². The lowest BCUT2D eigenvalue weighted by molar-refractivity contribution is -0.137. The van der Waals surface area contributed by atoms with Crippen molar-refractivity contribution in [1.82, 2.24) is 0 Å². The van der Waals surface area contributed by atoms with Crippen molar-refractivity contribution in [1.29, 1.82) is 5.26 Å². The van der Waals surface area contributed by atoms with Crippen LogP contribution in [-0.2, 0) is 10.9 Å². The first-order chi connectivity index (χ1) is 8.35. The highest BCUT2D eigenvalue weighted by Gasteiger charge is 2.35. The molecule has 96 valence electrons. The maximum Gasteiger partial charge on any atom is 0.417 e. The lowest BCUT2D eigenvalue weighted by Gasteiger charge is -2.13. The minimum Gasteiger partial charge on any atom is -0.496 e. The summed E-state index contributed by atoms with van der Waals surface area (Å²) in [6.45, 7) is 0. The van der Waals surface area contributed by atoms with Gasteiger partial charge in [-0.05, 0) is 12.1 Å². The van der Waals surface area contributed by atoms with Gasteiger partial charge in [0.2, 0.25) is 0 Å². The Bertz CT molecular complexity index is 517. The van der Waals surface area contributed by atoms with Crippen LogP contribution in [0.3, 0.4) is 0 Å². The number of carbonyl (C=O) groups is 1. The van der Waals surface area contributed by atoms with E-state index in [0.717, 1.165) is 13.2 Å². The number of benzene rings is 1. The molecule has 7 heteroatoms. The van der Waals surface area contributed by atoms with Crippen LogP contribution in [0, 0.1) is 11.3 Å². The molecule has 0 radical (unpaired) electrons. The molecule has 0 saturated heterocycles. The summed E-state index contributed by atoms with van der Waals surface area (Å²) >= 11 is 0.